The van der Waals surface area contributed by atoms with Gasteiger partial charge in [0.05, 0.1) is 18.5 Å². The fourth-order valence-corrected chi connectivity index (χ4v) is 6.63. The molecule has 7 heteroatoms. The molecule has 2 aromatic carbocycles. The Bertz CT molecular complexity index is 1230. The van der Waals surface area contributed by atoms with Crippen LogP contribution < -0.4 is 0 Å². The van der Waals surface area contributed by atoms with Gasteiger partial charge in [-0.2, -0.15) is 0 Å². The Morgan fingerprint density at radius 1 is 0.973 bits per heavy atom. The number of carbonyl (C=O) groups is 2. The molecule has 3 heterocycles. The lowest BCUT2D eigenvalue weighted by molar-refractivity contribution is -0.135. The maximum Gasteiger partial charge on any atom is 0.236 e. The molecular weight excluding hydrogens is 485 g/mol. The zero-order valence-electron chi connectivity index (χ0n) is 21.3. The molecular formula is C30H34FN3O2S. The van der Waals surface area contributed by atoms with Crippen molar-refractivity contribution >= 4 is 23.2 Å². The third kappa shape index (κ3) is 5.63. The van der Waals surface area contributed by atoms with Crippen LogP contribution in [0.2, 0.25) is 0 Å². The first-order chi connectivity index (χ1) is 18.0. The number of fused-ring (bicyclic) bond motifs is 1. The van der Waals surface area contributed by atoms with Gasteiger partial charge in [-0.05, 0) is 59.5 Å². The molecule has 5 rings (SSSR count). The average Bonchev–Trinajstić information content (AvgIpc) is 3.25. The largest absolute Gasteiger partial charge is 0.340 e. The number of halogens is 1. The number of thiophene rings is 1. The summed E-state index contributed by atoms with van der Waals surface area (Å²) in [5, 5.41) is 2.09. The number of carbonyl (C=O) groups excluding carboxylic acids is 2. The number of hydrogen-bond donors (Lipinski definition) is 0. The van der Waals surface area contributed by atoms with E-state index in [0.29, 0.717) is 26.2 Å². The minimum Gasteiger partial charge on any atom is -0.340 e. The molecule has 0 spiro atoms. The second kappa shape index (κ2) is 11.6. The number of hydrogen-bond acceptors (Lipinski definition) is 4. The Morgan fingerprint density at radius 3 is 2.54 bits per heavy atom. The third-order valence-electron chi connectivity index (χ3n) is 7.64. The van der Waals surface area contributed by atoms with Crippen LogP contribution in [0.5, 0.6) is 0 Å². The van der Waals surface area contributed by atoms with E-state index in [1.54, 1.807) is 23.5 Å². The summed E-state index contributed by atoms with van der Waals surface area (Å²) >= 11 is 1.73. The summed E-state index contributed by atoms with van der Waals surface area (Å²) in [4.78, 5) is 34.2. The molecule has 0 saturated carbocycles. The lowest BCUT2D eigenvalue weighted by Crippen LogP contribution is -2.45. The van der Waals surface area contributed by atoms with E-state index >= 15 is 0 Å². The summed E-state index contributed by atoms with van der Waals surface area (Å²) in [6, 6.07) is 18.7. The number of benzene rings is 2. The van der Waals surface area contributed by atoms with Crippen LogP contribution in [0, 0.1) is 5.82 Å². The normalized spacial score (nSPS) is 19.2. The number of nitrogens with zero attached hydrogens (tertiary/aromatic N) is 3. The second-order valence-corrected chi connectivity index (χ2v) is 10.9. The highest BCUT2D eigenvalue weighted by Gasteiger charge is 2.33. The number of amides is 2. The Hall–Kier alpha value is -3.03. The Labute approximate surface area is 222 Å². The van der Waals surface area contributed by atoms with E-state index in [1.807, 2.05) is 46.2 Å². The summed E-state index contributed by atoms with van der Waals surface area (Å²) < 4.78 is 14.1. The highest BCUT2D eigenvalue weighted by molar-refractivity contribution is 7.10. The zero-order valence-corrected chi connectivity index (χ0v) is 22.1. The Morgan fingerprint density at radius 2 is 1.76 bits per heavy atom. The van der Waals surface area contributed by atoms with E-state index in [4.69, 9.17) is 0 Å². The smallest absolute Gasteiger partial charge is 0.236 e. The fourth-order valence-electron chi connectivity index (χ4n) is 5.73. The van der Waals surface area contributed by atoms with Gasteiger partial charge < -0.3 is 9.80 Å². The molecule has 0 unspecified atom stereocenters. The van der Waals surface area contributed by atoms with Crippen LogP contribution in [0.15, 0.2) is 66.0 Å². The van der Waals surface area contributed by atoms with Crippen molar-refractivity contribution in [3.05, 3.63) is 93.4 Å². The predicted octanol–water partition coefficient (Wildman–Crippen LogP) is 5.09. The van der Waals surface area contributed by atoms with Crippen LogP contribution in [-0.2, 0) is 16.0 Å². The van der Waals surface area contributed by atoms with Crippen LogP contribution in [0.4, 0.5) is 4.39 Å². The molecule has 2 amide bonds. The van der Waals surface area contributed by atoms with Crippen LogP contribution in [0.25, 0.3) is 0 Å². The van der Waals surface area contributed by atoms with Crippen molar-refractivity contribution in [3.8, 4) is 0 Å². The molecule has 2 atom stereocenters. The van der Waals surface area contributed by atoms with Gasteiger partial charge in [-0.1, -0.05) is 49.4 Å². The topological polar surface area (TPSA) is 43.9 Å². The molecule has 1 aromatic heterocycles. The number of rotatable bonds is 6. The molecule has 2 aliphatic rings. The minimum atomic E-state index is -0.260. The van der Waals surface area contributed by atoms with Gasteiger partial charge in [0.1, 0.15) is 5.82 Å². The fraction of sp³-hybridized carbons (Fsp3) is 0.400. The van der Waals surface area contributed by atoms with Crippen molar-refractivity contribution in [1.82, 2.24) is 14.7 Å². The first-order valence-corrected chi connectivity index (χ1v) is 14.1. The summed E-state index contributed by atoms with van der Waals surface area (Å²) in [6.07, 6.45) is 2.42. The molecule has 0 N–H and O–H groups in total. The maximum atomic E-state index is 14.1. The van der Waals surface area contributed by atoms with E-state index in [9.17, 15) is 14.0 Å². The maximum absolute atomic E-state index is 14.1. The van der Waals surface area contributed by atoms with Gasteiger partial charge in [-0.25, -0.2) is 4.39 Å². The van der Waals surface area contributed by atoms with Gasteiger partial charge in [0.15, 0.2) is 0 Å². The van der Waals surface area contributed by atoms with Gasteiger partial charge in [0.25, 0.3) is 0 Å². The average molecular weight is 520 g/mol. The summed E-state index contributed by atoms with van der Waals surface area (Å²) in [5.74, 6) is -0.187. The molecule has 0 aliphatic carbocycles. The lowest BCUT2D eigenvalue weighted by atomic mass is 9.93. The van der Waals surface area contributed by atoms with Gasteiger partial charge in [0.2, 0.25) is 11.8 Å². The molecule has 3 aromatic rings. The van der Waals surface area contributed by atoms with Gasteiger partial charge >= 0.3 is 0 Å². The summed E-state index contributed by atoms with van der Waals surface area (Å²) in [7, 11) is 0. The molecule has 1 fully saturated rings. The standard InChI is InChI=1S/C30H34FN3O2S/c1-2-25(22-8-4-3-5-9-22)30(36)33-15-7-14-32(17-18-33)28(35)21-34-16-12-27-26(13-19-37-27)29(34)23-10-6-11-24(31)20-23/h3-6,8-11,13,19-20,25,29H,2,7,12,14-18,21H2,1H3/t25-,29+/m0/s1. The van der Waals surface area contributed by atoms with E-state index in [0.717, 1.165) is 36.9 Å². The van der Waals surface area contributed by atoms with Gasteiger partial charge in [-0.15, -0.1) is 11.3 Å². The van der Waals surface area contributed by atoms with Crippen LogP contribution >= 0.6 is 11.3 Å². The first kappa shape index (κ1) is 25.6. The third-order valence-corrected chi connectivity index (χ3v) is 8.63. The predicted molar refractivity (Wildman–Crippen MR) is 145 cm³/mol. The van der Waals surface area contributed by atoms with Crippen molar-refractivity contribution < 1.29 is 14.0 Å². The van der Waals surface area contributed by atoms with E-state index in [-0.39, 0.29) is 36.1 Å². The molecule has 0 bridgehead atoms. The Kier molecular flexibility index (Phi) is 8.01. The van der Waals surface area contributed by atoms with Crippen LogP contribution in [0.1, 0.15) is 53.3 Å². The summed E-state index contributed by atoms with van der Waals surface area (Å²) in [5.41, 5.74) is 3.11. The molecule has 0 radical (unpaired) electrons. The lowest BCUT2D eigenvalue weighted by Gasteiger charge is -2.37. The van der Waals surface area contributed by atoms with Crippen molar-refractivity contribution in [3.63, 3.8) is 0 Å². The van der Waals surface area contributed by atoms with Crippen LogP contribution in [-0.4, -0.2) is 65.8 Å². The van der Waals surface area contributed by atoms with Crippen molar-refractivity contribution in [2.24, 2.45) is 0 Å². The van der Waals surface area contributed by atoms with Crippen molar-refractivity contribution in [1.29, 1.82) is 0 Å². The van der Waals surface area contributed by atoms with E-state index in [2.05, 4.69) is 23.3 Å². The quantitative estimate of drug-likeness (QED) is 0.456. The van der Waals surface area contributed by atoms with Gasteiger partial charge in [0, 0.05) is 37.6 Å². The molecule has 1 saturated heterocycles. The molecule has 2 aliphatic heterocycles. The van der Waals surface area contributed by atoms with Crippen LogP contribution in [0.3, 0.4) is 0 Å². The highest BCUT2D eigenvalue weighted by atomic mass is 32.1. The monoisotopic (exact) mass is 519 g/mol. The SMILES string of the molecule is CC[C@H](C(=O)N1CCCN(C(=O)CN2CCc3sccc3[C@H]2c2cccc(F)c2)CC1)c1ccccc1. The zero-order chi connectivity index (χ0) is 25.8. The van der Waals surface area contributed by atoms with Crippen molar-refractivity contribution in [2.75, 3.05) is 39.3 Å². The molecule has 37 heavy (non-hydrogen) atoms. The second-order valence-electron chi connectivity index (χ2n) is 9.91. The van der Waals surface area contributed by atoms with E-state index < -0.39 is 0 Å². The van der Waals surface area contributed by atoms with E-state index in [1.165, 1.54) is 16.5 Å². The van der Waals surface area contributed by atoms with Crippen molar-refractivity contribution in [2.45, 2.75) is 38.1 Å². The highest BCUT2D eigenvalue weighted by Crippen LogP contribution is 2.37. The summed E-state index contributed by atoms with van der Waals surface area (Å²) in [6.45, 7) is 5.50. The Balaban J connectivity index is 1.26. The van der Waals surface area contributed by atoms with Gasteiger partial charge in [-0.3, -0.25) is 14.5 Å². The molecule has 194 valence electrons. The minimum absolute atomic E-state index is 0.0736. The molecule has 5 nitrogen and oxygen atoms in total. The first-order valence-electron chi connectivity index (χ1n) is 13.2.